The van der Waals surface area contributed by atoms with E-state index in [1.54, 1.807) is 52.5 Å². The van der Waals surface area contributed by atoms with Gasteiger partial charge in [0.25, 0.3) is 0 Å². The Morgan fingerprint density at radius 2 is 1.56 bits per heavy atom. The van der Waals surface area contributed by atoms with Crippen molar-refractivity contribution in [3.63, 3.8) is 0 Å². The zero-order valence-electron chi connectivity index (χ0n) is 11.1. The van der Waals surface area contributed by atoms with Crippen molar-refractivity contribution in [2.24, 2.45) is 0 Å². The molecule has 5 nitrogen and oxygen atoms in total. The van der Waals surface area contributed by atoms with Gasteiger partial charge < -0.3 is 18.0 Å². The van der Waals surface area contributed by atoms with Crippen LogP contribution in [0.2, 0.25) is 0 Å². The fourth-order valence-corrected chi connectivity index (χ4v) is 3.41. The van der Waals surface area contributed by atoms with Crippen LogP contribution in [-0.4, -0.2) is 42.7 Å². The summed E-state index contributed by atoms with van der Waals surface area (Å²) in [7, 11) is 1.80. The third-order valence-electron chi connectivity index (χ3n) is 2.56. The second kappa shape index (κ2) is 6.65. The van der Waals surface area contributed by atoms with Crippen molar-refractivity contribution in [2.75, 3.05) is 27.9 Å². The van der Waals surface area contributed by atoms with Crippen LogP contribution < -0.4 is 5.19 Å². The van der Waals surface area contributed by atoms with Crippen molar-refractivity contribution < 1.29 is 22.8 Å². The summed E-state index contributed by atoms with van der Waals surface area (Å²) in [5, 5.41) is 0.794. The maximum atomic E-state index is 11.5. The first-order chi connectivity index (χ1) is 8.63. The van der Waals surface area contributed by atoms with Crippen molar-refractivity contribution in [1.82, 2.24) is 0 Å². The summed E-state index contributed by atoms with van der Waals surface area (Å²) in [5.74, 6) is -0.344. The van der Waals surface area contributed by atoms with E-state index in [1.807, 2.05) is 0 Å². The number of benzene rings is 1. The Morgan fingerprint density at radius 1 is 1.06 bits per heavy atom. The molecule has 0 unspecified atom stereocenters. The van der Waals surface area contributed by atoms with Crippen LogP contribution in [-0.2, 0) is 18.0 Å². The third kappa shape index (κ3) is 2.97. The highest BCUT2D eigenvalue weighted by atomic mass is 28.4. The van der Waals surface area contributed by atoms with Crippen molar-refractivity contribution in [3.8, 4) is 0 Å². The Bertz CT molecular complexity index is 378. The maximum absolute atomic E-state index is 11.5. The molecule has 6 heteroatoms. The normalized spacial score (nSPS) is 11.3. The number of esters is 1. The van der Waals surface area contributed by atoms with Crippen LogP contribution >= 0.6 is 0 Å². The Kier molecular flexibility index (Phi) is 5.48. The van der Waals surface area contributed by atoms with Crippen LogP contribution in [0, 0.1) is 0 Å². The smallest absolute Gasteiger partial charge is 0.462 e. The molecule has 0 N–H and O–H groups in total. The van der Waals surface area contributed by atoms with Gasteiger partial charge in [-0.1, -0.05) is 12.1 Å². The molecule has 0 aliphatic heterocycles. The van der Waals surface area contributed by atoms with Gasteiger partial charge in [-0.2, -0.15) is 0 Å². The minimum atomic E-state index is -2.82. The van der Waals surface area contributed by atoms with Crippen LogP contribution in [0.4, 0.5) is 0 Å². The molecule has 0 atom stereocenters. The lowest BCUT2D eigenvalue weighted by molar-refractivity contribution is 0.0526. The van der Waals surface area contributed by atoms with Crippen molar-refractivity contribution in [3.05, 3.63) is 29.8 Å². The summed E-state index contributed by atoms with van der Waals surface area (Å²) < 4.78 is 21.0. The van der Waals surface area contributed by atoms with Crippen molar-refractivity contribution in [2.45, 2.75) is 6.92 Å². The predicted octanol–water partition coefficient (Wildman–Crippen LogP) is 0.948. The van der Waals surface area contributed by atoms with E-state index in [0.29, 0.717) is 12.2 Å². The lowest BCUT2D eigenvalue weighted by Crippen LogP contribution is -2.54. The average molecular weight is 270 g/mol. The fraction of sp³-hybridized carbons (Fsp3) is 0.417. The van der Waals surface area contributed by atoms with Crippen LogP contribution in [0.5, 0.6) is 0 Å². The molecule has 1 rings (SSSR count). The van der Waals surface area contributed by atoms with Crippen LogP contribution in [0.1, 0.15) is 17.3 Å². The van der Waals surface area contributed by atoms with Gasteiger partial charge in [-0.05, 0) is 19.1 Å². The molecule has 18 heavy (non-hydrogen) atoms. The number of hydrogen-bond acceptors (Lipinski definition) is 5. The van der Waals surface area contributed by atoms with E-state index < -0.39 is 8.80 Å². The van der Waals surface area contributed by atoms with Gasteiger partial charge in [-0.3, -0.25) is 0 Å². The highest BCUT2D eigenvalue weighted by Crippen LogP contribution is 2.08. The fourth-order valence-electron chi connectivity index (χ4n) is 1.63. The minimum absolute atomic E-state index is 0.344. The van der Waals surface area contributed by atoms with Crippen LogP contribution in [0.25, 0.3) is 0 Å². The monoisotopic (exact) mass is 270 g/mol. The van der Waals surface area contributed by atoms with Gasteiger partial charge in [-0.25, -0.2) is 4.79 Å². The Hall–Kier alpha value is -1.21. The number of rotatable bonds is 6. The predicted molar refractivity (Wildman–Crippen MR) is 68.8 cm³/mol. The first-order valence-electron chi connectivity index (χ1n) is 5.56. The molecule has 100 valence electrons. The molecule has 1 aromatic carbocycles. The topological polar surface area (TPSA) is 54.0 Å². The molecular formula is C12H18O5Si. The number of carbonyl (C=O) groups is 1. The van der Waals surface area contributed by atoms with E-state index in [-0.39, 0.29) is 5.97 Å². The second-order valence-corrected chi connectivity index (χ2v) is 6.38. The van der Waals surface area contributed by atoms with Crippen LogP contribution in [0.3, 0.4) is 0 Å². The molecule has 0 radical (unpaired) electrons. The molecule has 1 aromatic rings. The second-order valence-electron chi connectivity index (χ2n) is 3.47. The summed E-state index contributed by atoms with van der Waals surface area (Å²) in [5.41, 5.74) is 0.492. The molecule has 0 aliphatic carbocycles. The molecule has 0 aromatic heterocycles. The molecule has 0 bridgehead atoms. The SMILES string of the molecule is CCOC(=O)c1ccc([Si](OC)(OC)OC)cc1. The number of ether oxygens (including phenoxy) is 1. The molecule has 0 heterocycles. The van der Waals surface area contributed by atoms with E-state index in [9.17, 15) is 4.79 Å². The molecule has 0 saturated heterocycles. The lowest BCUT2D eigenvalue weighted by Gasteiger charge is -2.24. The highest BCUT2D eigenvalue weighted by Gasteiger charge is 2.40. The van der Waals surface area contributed by atoms with E-state index in [4.69, 9.17) is 18.0 Å². The largest absolute Gasteiger partial charge is 0.536 e. The van der Waals surface area contributed by atoms with E-state index in [0.717, 1.165) is 5.19 Å². The number of hydrogen-bond donors (Lipinski definition) is 0. The average Bonchev–Trinajstić information content (AvgIpc) is 2.42. The minimum Gasteiger partial charge on any atom is -0.462 e. The Labute approximate surface area is 108 Å². The molecule has 0 spiro atoms. The van der Waals surface area contributed by atoms with Gasteiger partial charge in [-0.15, -0.1) is 0 Å². The van der Waals surface area contributed by atoms with Gasteiger partial charge >= 0.3 is 14.8 Å². The third-order valence-corrected chi connectivity index (χ3v) is 5.21. The summed E-state index contributed by atoms with van der Waals surface area (Å²) in [4.78, 5) is 11.5. The summed E-state index contributed by atoms with van der Waals surface area (Å²) in [6.07, 6.45) is 0. The Balaban J connectivity index is 2.97. The number of carbonyl (C=O) groups excluding carboxylic acids is 1. The zero-order valence-corrected chi connectivity index (χ0v) is 12.1. The molecule has 0 amide bonds. The standard InChI is InChI=1S/C12H18O5Si/c1-5-17-12(13)10-6-8-11(9-7-10)18(14-2,15-3)16-4/h6-9H,5H2,1-4H3. The molecule has 0 saturated carbocycles. The van der Waals surface area contributed by atoms with Gasteiger partial charge in [0.15, 0.2) is 0 Å². The summed E-state index contributed by atoms with van der Waals surface area (Å²) in [6.45, 7) is 2.12. The summed E-state index contributed by atoms with van der Waals surface area (Å²) >= 11 is 0. The quantitative estimate of drug-likeness (QED) is 0.569. The van der Waals surface area contributed by atoms with Crippen molar-refractivity contribution in [1.29, 1.82) is 0 Å². The summed E-state index contributed by atoms with van der Waals surface area (Å²) in [6, 6.07) is 6.86. The van der Waals surface area contributed by atoms with Crippen molar-refractivity contribution >= 4 is 20.0 Å². The Morgan fingerprint density at radius 3 is 1.94 bits per heavy atom. The lowest BCUT2D eigenvalue weighted by atomic mass is 10.2. The van der Waals surface area contributed by atoms with E-state index in [2.05, 4.69) is 0 Å². The highest BCUT2D eigenvalue weighted by molar-refractivity contribution is 6.75. The molecule has 0 aliphatic rings. The van der Waals surface area contributed by atoms with Gasteiger partial charge in [0.05, 0.1) is 12.2 Å². The van der Waals surface area contributed by atoms with Gasteiger partial charge in [0, 0.05) is 26.5 Å². The first kappa shape index (κ1) is 14.8. The molecular weight excluding hydrogens is 252 g/mol. The van der Waals surface area contributed by atoms with Gasteiger partial charge in [0.2, 0.25) is 0 Å². The maximum Gasteiger partial charge on any atom is 0.536 e. The molecule has 0 fully saturated rings. The van der Waals surface area contributed by atoms with E-state index >= 15 is 0 Å². The first-order valence-corrected chi connectivity index (χ1v) is 7.29. The zero-order chi connectivity index (χ0) is 13.6. The van der Waals surface area contributed by atoms with Crippen LogP contribution in [0.15, 0.2) is 24.3 Å². The van der Waals surface area contributed by atoms with E-state index in [1.165, 1.54) is 0 Å². The van der Waals surface area contributed by atoms with Gasteiger partial charge in [0.1, 0.15) is 0 Å².